The minimum Gasteiger partial charge on any atom is -0.394 e. The summed E-state index contributed by atoms with van der Waals surface area (Å²) in [5, 5.41) is 8.94. The van der Waals surface area contributed by atoms with Gasteiger partial charge in [0.05, 0.1) is 12.7 Å². The molecule has 6 nitrogen and oxygen atoms in total. The number of alkyl halides is 1. The molecule has 0 aromatic carbocycles. The van der Waals surface area contributed by atoms with E-state index >= 15 is 0 Å². The number of H-pyrrole nitrogens is 1. The molecule has 0 spiro atoms. The highest BCUT2D eigenvalue weighted by molar-refractivity contribution is 4.95. The lowest BCUT2D eigenvalue weighted by Crippen LogP contribution is -2.38. The third-order valence-corrected chi connectivity index (χ3v) is 2.77. The van der Waals surface area contributed by atoms with Crippen molar-refractivity contribution in [2.45, 2.75) is 31.3 Å². The molecule has 1 aliphatic rings. The van der Waals surface area contributed by atoms with Gasteiger partial charge in [0.15, 0.2) is 11.9 Å². The number of hydrogen-bond donors (Lipinski definition) is 2. The van der Waals surface area contributed by atoms with Crippen molar-refractivity contribution in [1.82, 2.24) is 9.55 Å². The molecular formula is C10H13FN2O4. The molecule has 1 aromatic rings. The van der Waals surface area contributed by atoms with Crippen molar-refractivity contribution in [3.63, 3.8) is 0 Å². The first kappa shape index (κ1) is 12.0. The number of nitrogens with one attached hydrogen (secondary N) is 1. The van der Waals surface area contributed by atoms with Crippen LogP contribution in [0.5, 0.6) is 0 Å². The standard InChI is InChI=1S/C10H13FN2O4/c1-10(11)4-6(5-14)17-8(10)13-3-2-7(15)12-9(13)16/h2-3,6,8,14H,4-5H2,1H3,(H,12,15,16)/t6-,8?,10+/m0/s1. The molecule has 1 aromatic heterocycles. The Labute approximate surface area is 95.7 Å². The minimum absolute atomic E-state index is 0.000265. The first-order chi connectivity index (χ1) is 7.94. The Kier molecular flexibility index (Phi) is 2.88. The Balaban J connectivity index is 2.40. The number of aromatic nitrogens is 2. The summed E-state index contributed by atoms with van der Waals surface area (Å²) in [6.07, 6.45) is -0.596. The smallest absolute Gasteiger partial charge is 0.330 e. The lowest BCUT2D eigenvalue weighted by molar-refractivity contribution is -0.0610. The van der Waals surface area contributed by atoms with E-state index in [1.807, 2.05) is 4.98 Å². The van der Waals surface area contributed by atoms with Crippen LogP contribution in [0, 0.1) is 0 Å². The normalized spacial score (nSPS) is 32.9. The fourth-order valence-electron chi connectivity index (χ4n) is 1.99. The molecule has 2 heterocycles. The Bertz CT molecular complexity index is 522. The molecule has 17 heavy (non-hydrogen) atoms. The van der Waals surface area contributed by atoms with Gasteiger partial charge in [-0.05, 0) is 6.92 Å². The molecule has 7 heteroatoms. The van der Waals surface area contributed by atoms with E-state index in [2.05, 4.69) is 0 Å². The molecule has 1 aliphatic heterocycles. The Hall–Kier alpha value is -1.47. The third-order valence-electron chi connectivity index (χ3n) is 2.77. The number of hydrogen-bond acceptors (Lipinski definition) is 4. The van der Waals surface area contributed by atoms with E-state index in [0.717, 1.165) is 10.6 Å². The van der Waals surface area contributed by atoms with Crippen LogP contribution in [0.1, 0.15) is 19.6 Å². The molecule has 0 aliphatic carbocycles. The summed E-state index contributed by atoms with van der Waals surface area (Å²) in [4.78, 5) is 24.4. The maximum atomic E-state index is 14.2. The van der Waals surface area contributed by atoms with Crippen molar-refractivity contribution in [1.29, 1.82) is 0 Å². The van der Waals surface area contributed by atoms with Gasteiger partial charge in [-0.15, -0.1) is 0 Å². The van der Waals surface area contributed by atoms with Crippen LogP contribution in [0.3, 0.4) is 0 Å². The Morgan fingerprint density at radius 3 is 2.94 bits per heavy atom. The van der Waals surface area contributed by atoms with Gasteiger partial charge in [0.25, 0.3) is 5.56 Å². The second-order valence-electron chi connectivity index (χ2n) is 4.29. The van der Waals surface area contributed by atoms with Gasteiger partial charge in [-0.2, -0.15) is 0 Å². The van der Waals surface area contributed by atoms with Crippen molar-refractivity contribution in [3.8, 4) is 0 Å². The van der Waals surface area contributed by atoms with Gasteiger partial charge >= 0.3 is 5.69 Å². The number of ether oxygens (including phenoxy) is 1. The van der Waals surface area contributed by atoms with Crippen molar-refractivity contribution in [2.24, 2.45) is 0 Å². The predicted molar refractivity (Wildman–Crippen MR) is 56.4 cm³/mol. The number of aliphatic hydroxyl groups is 1. The lowest BCUT2D eigenvalue weighted by Gasteiger charge is -2.22. The van der Waals surface area contributed by atoms with E-state index in [0.29, 0.717) is 0 Å². The quantitative estimate of drug-likeness (QED) is 0.737. The molecule has 1 unspecified atom stereocenters. The van der Waals surface area contributed by atoms with Gasteiger partial charge < -0.3 is 9.84 Å². The number of aromatic amines is 1. The Morgan fingerprint density at radius 1 is 1.71 bits per heavy atom. The van der Waals surface area contributed by atoms with Crippen LogP contribution in [0.2, 0.25) is 0 Å². The predicted octanol–water partition coefficient (Wildman–Crippen LogP) is -0.455. The van der Waals surface area contributed by atoms with Crippen LogP contribution in [0.15, 0.2) is 21.9 Å². The maximum Gasteiger partial charge on any atom is 0.330 e. The summed E-state index contributed by atoms with van der Waals surface area (Å²) in [6, 6.07) is 1.12. The van der Waals surface area contributed by atoms with Crippen LogP contribution in [-0.4, -0.2) is 33.0 Å². The van der Waals surface area contributed by atoms with Crippen LogP contribution in [0.25, 0.3) is 0 Å². The Morgan fingerprint density at radius 2 is 2.41 bits per heavy atom. The highest BCUT2D eigenvalue weighted by Gasteiger charge is 2.47. The highest BCUT2D eigenvalue weighted by atomic mass is 19.1. The number of nitrogens with zero attached hydrogens (tertiary/aromatic N) is 1. The number of halogens is 1. The minimum atomic E-state index is -1.77. The van der Waals surface area contributed by atoms with Gasteiger partial charge in [0.1, 0.15) is 0 Å². The van der Waals surface area contributed by atoms with Gasteiger partial charge in [-0.25, -0.2) is 9.18 Å². The second kappa shape index (κ2) is 4.08. The van der Waals surface area contributed by atoms with Crippen molar-refractivity contribution >= 4 is 0 Å². The van der Waals surface area contributed by atoms with Gasteiger partial charge in [-0.1, -0.05) is 0 Å². The first-order valence-corrected chi connectivity index (χ1v) is 5.21. The lowest BCUT2D eigenvalue weighted by atomic mass is 10.0. The van der Waals surface area contributed by atoms with E-state index in [1.54, 1.807) is 0 Å². The van der Waals surface area contributed by atoms with E-state index in [-0.39, 0.29) is 13.0 Å². The van der Waals surface area contributed by atoms with Crippen LogP contribution < -0.4 is 11.2 Å². The third kappa shape index (κ3) is 2.16. The van der Waals surface area contributed by atoms with Crippen LogP contribution >= 0.6 is 0 Å². The molecule has 2 N–H and O–H groups in total. The SMILES string of the molecule is C[C@@]1(F)C[C@@H](CO)OC1n1ccc(=O)[nH]c1=O. The molecule has 2 rings (SSSR count). The first-order valence-electron chi connectivity index (χ1n) is 5.21. The van der Waals surface area contributed by atoms with E-state index < -0.39 is 29.2 Å². The van der Waals surface area contributed by atoms with Crippen molar-refractivity contribution in [3.05, 3.63) is 33.1 Å². The molecule has 1 saturated heterocycles. The topological polar surface area (TPSA) is 84.3 Å². The summed E-state index contributed by atoms with van der Waals surface area (Å²) in [6.45, 7) is 0.985. The molecule has 0 radical (unpaired) electrons. The maximum absolute atomic E-state index is 14.2. The summed E-state index contributed by atoms with van der Waals surface area (Å²) < 4.78 is 20.4. The second-order valence-corrected chi connectivity index (χ2v) is 4.29. The molecular weight excluding hydrogens is 231 g/mol. The molecule has 0 bridgehead atoms. The number of rotatable bonds is 2. The van der Waals surface area contributed by atoms with Crippen LogP contribution in [-0.2, 0) is 4.74 Å². The molecule has 1 fully saturated rings. The van der Waals surface area contributed by atoms with Gasteiger partial charge in [0, 0.05) is 18.7 Å². The van der Waals surface area contributed by atoms with Crippen molar-refractivity contribution < 1.29 is 14.2 Å². The summed E-state index contributed by atoms with van der Waals surface area (Å²) >= 11 is 0. The van der Waals surface area contributed by atoms with Crippen LogP contribution in [0.4, 0.5) is 4.39 Å². The fraction of sp³-hybridized carbons (Fsp3) is 0.600. The average molecular weight is 244 g/mol. The van der Waals surface area contributed by atoms with Crippen molar-refractivity contribution in [2.75, 3.05) is 6.61 Å². The van der Waals surface area contributed by atoms with E-state index in [4.69, 9.17) is 9.84 Å². The average Bonchev–Trinajstić information content (AvgIpc) is 2.54. The fourth-order valence-corrected chi connectivity index (χ4v) is 1.99. The summed E-state index contributed by atoms with van der Waals surface area (Å²) in [5.74, 6) is 0. The zero-order chi connectivity index (χ0) is 12.6. The largest absolute Gasteiger partial charge is 0.394 e. The summed E-state index contributed by atoms with van der Waals surface area (Å²) in [7, 11) is 0. The molecule has 94 valence electrons. The van der Waals surface area contributed by atoms with Gasteiger partial charge in [0.2, 0.25) is 0 Å². The monoisotopic (exact) mass is 244 g/mol. The molecule has 0 amide bonds. The molecule has 3 atom stereocenters. The zero-order valence-electron chi connectivity index (χ0n) is 9.22. The highest BCUT2D eigenvalue weighted by Crippen LogP contribution is 2.39. The van der Waals surface area contributed by atoms with Gasteiger partial charge in [-0.3, -0.25) is 14.3 Å². The zero-order valence-corrected chi connectivity index (χ0v) is 9.22. The summed E-state index contributed by atoms with van der Waals surface area (Å²) in [5.41, 5.74) is -3.05. The number of aliphatic hydroxyl groups excluding tert-OH is 1. The molecule has 0 saturated carbocycles. The van der Waals surface area contributed by atoms with E-state index in [9.17, 15) is 14.0 Å². The van der Waals surface area contributed by atoms with E-state index in [1.165, 1.54) is 13.1 Å².